The second kappa shape index (κ2) is 6.80. The first kappa shape index (κ1) is 16.7. The smallest absolute Gasteiger partial charge is 0.225 e. The van der Waals surface area contributed by atoms with E-state index in [1.807, 2.05) is 11.8 Å². The van der Waals surface area contributed by atoms with Crippen molar-refractivity contribution in [3.63, 3.8) is 0 Å². The molecule has 1 aliphatic heterocycles. The lowest BCUT2D eigenvalue weighted by atomic mass is 9.95. The number of aliphatic hydroxyl groups is 1. The Balaban J connectivity index is 1.58. The van der Waals surface area contributed by atoms with Crippen molar-refractivity contribution in [2.75, 3.05) is 13.2 Å². The Hall–Kier alpha value is -1.10. The minimum atomic E-state index is -0.518. The molecule has 2 saturated carbocycles. The lowest BCUT2D eigenvalue weighted by Gasteiger charge is -2.30. The molecular formula is C18H30N2O3. The summed E-state index contributed by atoms with van der Waals surface area (Å²) in [5.41, 5.74) is -0.518. The molecule has 0 aromatic carbocycles. The topological polar surface area (TPSA) is 69.6 Å². The summed E-state index contributed by atoms with van der Waals surface area (Å²) >= 11 is 0. The fraction of sp³-hybridized carbons (Fsp3) is 0.889. The highest BCUT2D eigenvalue weighted by molar-refractivity contribution is 5.89. The van der Waals surface area contributed by atoms with E-state index in [2.05, 4.69) is 5.32 Å². The van der Waals surface area contributed by atoms with Crippen LogP contribution in [0.15, 0.2) is 0 Å². The van der Waals surface area contributed by atoms with Crippen LogP contribution in [-0.4, -0.2) is 46.6 Å². The van der Waals surface area contributed by atoms with E-state index in [4.69, 9.17) is 0 Å². The Morgan fingerprint density at radius 2 is 1.87 bits per heavy atom. The third-order valence-electron chi connectivity index (χ3n) is 6.01. The number of hydrogen-bond donors (Lipinski definition) is 2. The van der Waals surface area contributed by atoms with Crippen molar-refractivity contribution in [2.45, 2.75) is 76.3 Å². The molecule has 1 saturated heterocycles. The van der Waals surface area contributed by atoms with E-state index in [1.54, 1.807) is 0 Å². The number of nitrogens with one attached hydrogen (secondary N) is 1. The van der Waals surface area contributed by atoms with Gasteiger partial charge >= 0.3 is 0 Å². The quantitative estimate of drug-likeness (QED) is 0.759. The van der Waals surface area contributed by atoms with E-state index >= 15 is 0 Å². The van der Waals surface area contributed by atoms with Gasteiger partial charge in [-0.25, -0.2) is 0 Å². The summed E-state index contributed by atoms with van der Waals surface area (Å²) in [6.45, 7) is 2.44. The SMILES string of the molecule is CC(CO)(NC(=O)C1CC(=O)N(C2CCCCCC2)C1)C1CC1. The van der Waals surface area contributed by atoms with Crippen molar-refractivity contribution >= 4 is 11.8 Å². The van der Waals surface area contributed by atoms with E-state index in [9.17, 15) is 14.7 Å². The molecule has 2 amide bonds. The van der Waals surface area contributed by atoms with Crippen molar-refractivity contribution < 1.29 is 14.7 Å². The maximum atomic E-state index is 12.6. The third kappa shape index (κ3) is 3.70. The number of carbonyl (C=O) groups excluding carboxylic acids is 2. The highest BCUT2D eigenvalue weighted by atomic mass is 16.3. The molecule has 130 valence electrons. The van der Waals surface area contributed by atoms with Crippen molar-refractivity contribution in [1.82, 2.24) is 10.2 Å². The van der Waals surface area contributed by atoms with Crippen LogP contribution in [0.1, 0.15) is 64.7 Å². The van der Waals surface area contributed by atoms with Gasteiger partial charge in [-0.05, 0) is 38.5 Å². The fourth-order valence-corrected chi connectivity index (χ4v) is 4.20. The minimum absolute atomic E-state index is 0.0313. The average molecular weight is 322 g/mol. The van der Waals surface area contributed by atoms with Gasteiger partial charge in [-0.2, -0.15) is 0 Å². The predicted octanol–water partition coefficient (Wildman–Crippen LogP) is 1.83. The Morgan fingerprint density at radius 3 is 2.43 bits per heavy atom. The molecule has 0 aromatic rings. The molecule has 5 heteroatoms. The summed E-state index contributed by atoms with van der Waals surface area (Å²) in [5, 5.41) is 12.7. The van der Waals surface area contributed by atoms with E-state index < -0.39 is 5.54 Å². The molecule has 5 nitrogen and oxygen atoms in total. The highest BCUT2D eigenvalue weighted by Crippen LogP contribution is 2.39. The summed E-state index contributed by atoms with van der Waals surface area (Å²) in [5.74, 6) is 0.203. The zero-order valence-corrected chi connectivity index (χ0v) is 14.2. The molecule has 0 radical (unpaired) electrons. The van der Waals surface area contributed by atoms with E-state index in [1.165, 1.54) is 25.7 Å². The molecule has 23 heavy (non-hydrogen) atoms. The normalized spacial score (nSPS) is 29.2. The number of hydrogen-bond acceptors (Lipinski definition) is 3. The molecule has 2 atom stereocenters. The second-order valence-corrected chi connectivity index (χ2v) is 7.93. The van der Waals surface area contributed by atoms with Gasteiger partial charge in [0.05, 0.1) is 18.1 Å². The number of likely N-dealkylation sites (tertiary alicyclic amines) is 1. The number of amides is 2. The van der Waals surface area contributed by atoms with Crippen molar-refractivity contribution in [1.29, 1.82) is 0 Å². The molecular weight excluding hydrogens is 292 g/mol. The largest absolute Gasteiger partial charge is 0.394 e. The van der Waals surface area contributed by atoms with Crippen LogP contribution >= 0.6 is 0 Å². The number of aliphatic hydroxyl groups excluding tert-OH is 1. The van der Waals surface area contributed by atoms with Gasteiger partial charge < -0.3 is 15.3 Å². The summed E-state index contributed by atoms with van der Waals surface area (Å²) in [7, 11) is 0. The van der Waals surface area contributed by atoms with Crippen LogP contribution in [0.4, 0.5) is 0 Å². The monoisotopic (exact) mass is 322 g/mol. The summed E-state index contributed by atoms with van der Waals surface area (Å²) in [4.78, 5) is 26.9. The van der Waals surface area contributed by atoms with Crippen molar-refractivity contribution in [2.24, 2.45) is 11.8 Å². The van der Waals surface area contributed by atoms with Gasteiger partial charge in [-0.1, -0.05) is 25.7 Å². The molecule has 1 heterocycles. The lowest BCUT2D eigenvalue weighted by Crippen LogP contribution is -2.53. The molecule has 0 bridgehead atoms. The maximum Gasteiger partial charge on any atom is 0.225 e. The van der Waals surface area contributed by atoms with Gasteiger partial charge in [0, 0.05) is 19.0 Å². The maximum absolute atomic E-state index is 12.6. The van der Waals surface area contributed by atoms with E-state index in [-0.39, 0.29) is 24.3 Å². The first-order valence-electron chi connectivity index (χ1n) is 9.26. The Kier molecular flexibility index (Phi) is 4.95. The van der Waals surface area contributed by atoms with Crippen LogP contribution in [0.3, 0.4) is 0 Å². The summed E-state index contributed by atoms with van der Waals surface area (Å²) < 4.78 is 0. The molecule has 0 aromatic heterocycles. The third-order valence-corrected chi connectivity index (χ3v) is 6.01. The summed E-state index contributed by atoms with van der Waals surface area (Å²) in [6, 6.07) is 0.329. The molecule has 3 rings (SSSR count). The lowest BCUT2D eigenvalue weighted by molar-refractivity contribution is -0.131. The minimum Gasteiger partial charge on any atom is -0.394 e. The first-order chi connectivity index (χ1) is 11.0. The van der Waals surface area contributed by atoms with Gasteiger partial charge in [-0.15, -0.1) is 0 Å². The second-order valence-electron chi connectivity index (χ2n) is 7.93. The van der Waals surface area contributed by atoms with Crippen molar-refractivity contribution in [3.05, 3.63) is 0 Å². The van der Waals surface area contributed by atoms with Crippen molar-refractivity contribution in [3.8, 4) is 0 Å². The summed E-state index contributed by atoms with van der Waals surface area (Å²) in [6.07, 6.45) is 9.52. The van der Waals surface area contributed by atoms with Gasteiger partial charge in [0.2, 0.25) is 11.8 Å². The fourth-order valence-electron chi connectivity index (χ4n) is 4.20. The number of carbonyl (C=O) groups is 2. The Morgan fingerprint density at radius 1 is 1.22 bits per heavy atom. The van der Waals surface area contributed by atoms with Crippen LogP contribution in [0.2, 0.25) is 0 Å². The van der Waals surface area contributed by atoms with Gasteiger partial charge in [-0.3, -0.25) is 9.59 Å². The van der Waals surface area contributed by atoms with Gasteiger partial charge in [0.1, 0.15) is 0 Å². The molecule has 2 aliphatic carbocycles. The Labute approximate surface area is 138 Å². The predicted molar refractivity (Wildman–Crippen MR) is 87.7 cm³/mol. The van der Waals surface area contributed by atoms with Crippen LogP contribution in [-0.2, 0) is 9.59 Å². The van der Waals surface area contributed by atoms with Gasteiger partial charge in [0.15, 0.2) is 0 Å². The number of rotatable bonds is 5. The molecule has 3 aliphatic rings. The van der Waals surface area contributed by atoms with Gasteiger partial charge in [0.25, 0.3) is 0 Å². The molecule has 3 fully saturated rings. The van der Waals surface area contributed by atoms with E-state index in [0.29, 0.717) is 24.9 Å². The Bertz CT molecular complexity index is 455. The van der Waals surface area contributed by atoms with Crippen LogP contribution in [0, 0.1) is 11.8 Å². The first-order valence-corrected chi connectivity index (χ1v) is 9.26. The zero-order valence-electron chi connectivity index (χ0n) is 14.2. The molecule has 2 unspecified atom stereocenters. The van der Waals surface area contributed by atoms with Crippen LogP contribution < -0.4 is 5.32 Å². The van der Waals surface area contributed by atoms with Crippen LogP contribution in [0.25, 0.3) is 0 Å². The zero-order chi connectivity index (χ0) is 16.4. The van der Waals surface area contributed by atoms with E-state index in [0.717, 1.165) is 25.7 Å². The highest BCUT2D eigenvalue weighted by Gasteiger charge is 2.45. The standard InChI is InChI=1S/C18H30N2O3/c1-18(12-21,14-8-9-14)19-17(23)13-10-16(22)20(11-13)15-6-4-2-3-5-7-15/h13-15,21H,2-12H2,1H3,(H,19,23). The van der Waals surface area contributed by atoms with Crippen LogP contribution in [0.5, 0.6) is 0 Å². The average Bonchev–Trinajstić information content (AvgIpc) is 3.34. The number of nitrogens with zero attached hydrogens (tertiary/aromatic N) is 1. The molecule has 0 spiro atoms. The molecule has 2 N–H and O–H groups in total.